The maximum atomic E-state index is 6.50. The Morgan fingerprint density at radius 2 is 2.14 bits per heavy atom. The van der Waals surface area contributed by atoms with Crippen LogP contribution in [0.5, 0.6) is 0 Å². The third-order valence-corrected chi connectivity index (χ3v) is 5.47. The first-order valence-electron chi connectivity index (χ1n) is 7.60. The van der Waals surface area contributed by atoms with Crippen molar-refractivity contribution in [2.24, 2.45) is 0 Å². The van der Waals surface area contributed by atoms with Crippen LogP contribution in [0.15, 0.2) is 12.1 Å². The van der Waals surface area contributed by atoms with Crippen LogP contribution in [0.2, 0.25) is 5.02 Å². The average Bonchev–Trinajstić information content (AvgIpc) is 2.87. The molecule has 114 valence electrons. The lowest BCUT2D eigenvalue weighted by Gasteiger charge is -2.36. The van der Waals surface area contributed by atoms with Crippen molar-refractivity contribution in [2.75, 3.05) is 24.5 Å². The number of aromatic nitrogens is 2. The lowest BCUT2D eigenvalue weighted by atomic mass is 9.92. The van der Waals surface area contributed by atoms with E-state index in [-0.39, 0.29) is 5.54 Å². The topological polar surface area (TPSA) is 41.1 Å². The van der Waals surface area contributed by atoms with Gasteiger partial charge in [-0.25, -0.2) is 0 Å². The number of nitrogens with zero attached hydrogens (tertiary/aromatic N) is 3. The van der Waals surface area contributed by atoms with Crippen LogP contribution < -0.4 is 10.2 Å². The molecular formula is C15H21ClN4S. The molecule has 0 bridgehead atoms. The predicted molar refractivity (Wildman–Crippen MR) is 90.6 cm³/mol. The molecule has 0 radical (unpaired) electrons. The smallest absolute Gasteiger partial charge is 0.129 e. The van der Waals surface area contributed by atoms with Gasteiger partial charge in [-0.15, -0.1) is 0 Å². The first-order valence-corrected chi connectivity index (χ1v) is 8.70. The van der Waals surface area contributed by atoms with E-state index >= 15 is 0 Å². The Bertz CT molecular complexity index is 623. The Hall–Kier alpha value is -0.910. The van der Waals surface area contributed by atoms with E-state index in [0.717, 1.165) is 60.6 Å². The number of halogens is 1. The normalized spacial score (nSPS) is 18.9. The molecule has 0 aliphatic carbocycles. The monoisotopic (exact) mass is 324 g/mol. The number of rotatable bonds is 3. The van der Waals surface area contributed by atoms with Crippen LogP contribution in [-0.2, 0) is 0 Å². The quantitative estimate of drug-likeness (QED) is 0.934. The van der Waals surface area contributed by atoms with Gasteiger partial charge in [-0.3, -0.25) is 0 Å². The Morgan fingerprint density at radius 3 is 2.90 bits per heavy atom. The molecule has 2 heterocycles. The molecule has 1 aromatic carbocycles. The fourth-order valence-electron chi connectivity index (χ4n) is 3.15. The molecule has 1 aliphatic heterocycles. The zero-order chi connectivity index (χ0) is 14.9. The van der Waals surface area contributed by atoms with Crippen molar-refractivity contribution in [3.63, 3.8) is 0 Å². The molecule has 4 nitrogen and oxygen atoms in total. The van der Waals surface area contributed by atoms with E-state index in [1.165, 1.54) is 11.7 Å². The van der Waals surface area contributed by atoms with Gasteiger partial charge in [0.25, 0.3) is 0 Å². The number of benzene rings is 1. The van der Waals surface area contributed by atoms with Crippen LogP contribution >= 0.6 is 23.3 Å². The van der Waals surface area contributed by atoms with Gasteiger partial charge in [0.15, 0.2) is 0 Å². The van der Waals surface area contributed by atoms with Gasteiger partial charge in [-0.2, -0.15) is 8.75 Å². The summed E-state index contributed by atoms with van der Waals surface area (Å²) in [4.78, 5) is 2.40. The highest BCUT2D eigenvalue weighted by Gasteiger charge is 2.32. The summed E-state index contributed by atoms with van der Waals surface area (Å²) in [6.07, 6.45) is 3.35. The van der Waals surface area contributed by atoms with Gasteiger partial charge in [0.05, 0.1) is 22.4 Å². The fourth-order valence-corrected chi connectivity index (χ4v) is 3.96. The Balaban J connectivity index is 2.04. The van der Waals surface area contributed by atoms with Crippen LogP contribution in [0.1, 0.15) is 33.1 Å². The molecular weight excluding hydrogens is 304 g/mol. The van der Waals surface area contributed by atoms with E-state index in [1.807, 2.05) is 12.1 Å². The molecule has 2 aromatic rings. The minimum atomic E-state index is 0.158. The molecule has 1 N–H and O–H groups in total. The summed E-state index contributed by atoms with van der Waals surface area (Å²) in [7, 11) is 0. The number of hydrogen-bond donors (Lipinski definition) is 1. The molecule has 21 heavy (non-hydrogen) atoms. The summed E-state index contributed by atoms with van der Waals surface area (Å²) in [6.45, 7) is 7.54. The molecule has 0 spiro atoms. The van der Waals surface area contributed by atoms with Crippen molar-refractivity contribution in [2.45, 2.75) is 38.6 Å². The lowest BCUT2D eigenvalue weighted by Crippen LogP contribution is -2.50. The van der Waals surface area contributed by atoms with Crippen LogP contribution in [-0.4, -0.2) is 33.9 Å². The van der Waals surface area contributed by atoms with E-state index in [4.69, 9.17) is 11.6 Å². The second kappa shape index (κ2) is 6.07. The summed E-state index contributed by atoms with van der Waals surface area (Å²) in [5.74, 6) is 0. The largest absolute Gasteiger partial charge is 0.367 e. The third kappa shape index (κ3) is 2.74. The summed E-state index contributed by atoms with van der Waals surface area (Å²) in [5.41, 5.74) is 3.09. The zero-order valence-corrected chi connectivity index (χ0v) is 14.1. The van der Waals surface area contributed by atoms with Crippen molar-refractivity contribution in [3.05, 3.63) is 17.2 Å². The summed E-state index contributed by atoms with van der Waals surface area (Å²) < 4.78 is 8.81. The minimum Gasteiger partial charge on any atom is -0.367 e. The Morgan fingerprint density at radius 1 is 1.33 bits per heavy atom. The van der Waals surface area contributed by atoms with Crippen LogP contribution in [0, 0.1) is 0 Å². The molecule has 1 aromatic heterocycles. The number of anilines is 1. The molecule has 1 saturated heterocycles. The van der Waals surface area contributed by atoms with E-state index < -0.39 is 0 Å². The molecule has 3 rings (SSSR count). The molecule has 0 unspecified atom stereocenters. The highest BCUT2D eigenvalue weighted by Crippen LogP contribution is 2.35. The Kier molecular flexibility index (Phi) is 4.33. The standard InChI is InChI=1S/C15H21ClN4S/c1-3-15(4-2)10-20(9-5-8-17-15)14-11(16)6-7-12-13(14)19-21-18-12/h6-7,17H,3-5,8-10H2,1-2H3. The van der Waals surface area contributed by atoms with Crippen molar-refractivity contribution in [1.29, 1.82) is 0 Å². The maximum absolute atomic E-state index is 6.50. The van der Waals surface area contributed by atoms with Gasteiger partial charge in [0.2, 0.25) is 0 Å². The van der Waals surface area contributed by atoms with Gasteiger partial charge >= 0.3 is 0 Å². The van der Waals surface area contributed by atoms with Crippen molar-refractivity contribution in [3.8, 4) is 0 Å². The second-order valence-corrected chi connectivity index (χ2v) is 6.65. The van der Waals surface area contributed by atoms with Gasteiger partial charge in [-0.05, 0) is 37.9 Å². The minimum absolute atomic E-state index is 0.158. The number of fused-ring (bicyclic) bond motifs is 1. The number of nitrogens with one attached hydrogen (secondary N) is 1. The van der Waals surface area contributed by atoms with Crippen LogP contribution in [0.4, 0.5) is 5.69 Å². The van der Waals surface area contributed by atoms with Gasteiger partial charge in [0.1, 0.15) is 11.0 Å². The maximum Gasteiger partial charge on any atom is 0.129 e. The van der Waals surface area contributed by atoms with E-state index in [9.17, 15) is 0 Å². The van der Waals surface area contributed by atoms with E-state index in [1.54, 1.807) is 0 Å². The van der Waals surface area contributed by atoms with E-state index in [2.05, 4.69) is 32.8 Å². The summed E-state index contributed by atoms with van der Waals surface area (Å²) >= 11 is 7.76. The van der Waals surface area contributed by atoms with E-state index in [0.29, 0.717) is 0 Å². The highest BCUT2D eigenvalue weighted by atomic mass is 35.5. The van der Waals surface area contributed by atoms with Crippen molar-refractivity contribution in [1.82, 2.24) is 14.1 Å². The predicted octanol–water partition coefficient (Wildman–Crippen LogP) is 3.70. The molecule has 6 heteroatoms. The first-order chi connectivity index (χ1) is 10.2. The van der Waals surface area contributed by atoms with Crippen LogP contribution in [0.3, 0.4) is 0 Å². The highest BCUT2D eigenvalue weighted by molar-refractivity contribution is 7.00. The second-order valence-electron chi connectivity index (χ2n) is 5.72. The first kappa shape index (κ1) is 15.0. The van der Waals surface area contributed by atoms with Crippen molar-refractivity contribution >= 4 is 40.0 Å². The average molecular weight is 325 g/mol. The van der Waals surface area contributed by atoms with Gasteiger partial charge in [-0.1, -0.05) is 25.4 Å². The third-order valence-electron chi connectivity index (χ3n) is 4.62. The SMILES string of the molecule is CCC1(CC)CN(c2c(Cl)ccc3nsnc23)CCCN1. The number of hydrogen-bond acceptors (Lipinski definition) is 5. The fraction of sp³-hybridized carbons (Fsp3) is 0.600. The van der Waals surface area contributed by atoms with Crippen molar-refractivity contribution < 1.29 is 0 Å². The molecule has 0 amide bonds. The van der Waals surface area contributed by atoms with Crippen LogP contribution in [0.25, 0.3) is 11.0 Å². The molecule has 1 fully saturated rings. The van der Waals surface area contributed by atoms with Gasteiger partial charge in [0, 0.05) is 18.6 Å². The lowest BCUT2D eigenvalue weighted by molar-refractivity contribution is 0.322. The molecule has 0 atom stereocenters. The van der Waals surface area contributed by atoms with Gasteiger partial charge < -0.3 is 10.2 Å². The molecule has 1 aliphatic rings. The summed E-state index contributed by atoms with van der Waals surface area (Å²) in [5, 5.41) is 4.51. The molecule has 0 saturated carbocycles. The Labute approximate surface area is 134 Å². The summed E-state index contributed by atoms with van der Waals surface area (Å²) in [6, 6.07) is 3.89. The zero-order valence-electron chi connectivity index (χ0n) is 12.5.